The van der Waals surface area contributed by atoms with Crippen LogP contribution in [0.3, 0.4) is 0 Å². The molecule has 1 rings (SSSR count). The number of aromatic nitrogens is 4. The zero-order valence-electron chi connectivity index (χ0n) is 12.7. The van der Waals surface area contributed by atoms with Crippen LogP contribution in [-0.4, -0.2) is 36.9 Å². The van der Waals surface area contributed by atoms with Gasteiger partial charge < -0.3 is 5.32 Å². The van der Waals surface area contributed by atoms with E-state index in [0.717, 1.165) is 0 Å². The highest BCUT2D eigenvalue weighted by Gasteiger charge is 2.25. The van der Waals surface area contributed by atoms with Gasteiger partial charge in [-0.3, -0.25) is 4.79 Å². The van der Waals surface area contributed by atoms with Crippen LogP contribution in [0.2, 0.25) is 0 Å². The van der Waals surface area contributed by atoms with Crippen molar-refractivity contribution < 1.29 is 4.79 Å². The van der Waals surface area contributed by atoms with Crippen LogP contribution in [0, 0.1) is 0 Å². The Hall–Kier alpha value is -1.11. The highest BCUT2D eigenvalue weighted by Crippen LogP contribution is 2.25. The summed E-state index contributed by atoms with van der Waals surface area (Å²) in [5, 5.41) is 15.0. The Morgan fingerprint density at radius 2 is 1.84 bits per heavy atom. The molecule has 108 valence electrons. The lowest BCUT2D eigenvalue weighted by molar-refractivity contribution is -0.121. The third-order valence-corrected chi connectivity index (χ3v) is 3.26. The van der Waals surface area contributed by atoms with Gasteiger partial charge in [-0.2, -0.15) is 0 Å². The van der Waals surface area contributed by atoms with Crippen molar-refractivity contribution in [2.45, 2.75) is 70.0 Å². The number of tetrazole rings is 1. The summed E-state index contributed by atoms with van der Waals surface area (Å²) in [5.74, 6) is -0.0130. The zero-order valence-corrected chi connectivity index (χ0v) is 13.5. The van der Waals surface area contributed by atoms with Crippen LogP contribution in [0.5, 0.6) is 0 Å². The summed E-state index contributed by atoms with van der Waals surface area (Å²) >= 11 is 1.37. The maximum atomic E-state index is 12.0. The summed E-state index contributed by atoms with van der Waals surface area (Å²) in [6, 6.07) is 0. The Kier molecular flexibility index (Phi) is 4.60. The first kappa shape index (κ1) is 15.9. The highest BCUT2D eigenvalue weighted by atomic mass is 32.2. The Labute approximate surface area is 118 Å². The van der Waals surface area contributed by atoms with Gasteiger partial charge in [0.1, 0.15) is 0 Å². The molecule has 1 unspecified atom stereocenters. The van der Waals surface area contributed by atoms with Crippen LogP contribution >= 0.6 is 11.8 Å². The van der Waals surface area contributed by atoms with Gasteiger partial charge in [-0.15, -0.1) is 5.10 Å². The van der Waals surface area contributed by atoms with E-state index in [9.17, 15) is 4.79 Å². The molecule has 0 aliphatic heterocycles. The zero-order chi connectivity index (χ0) is 14.8. The molecule has 1 aromatic rings. The second-order valence-electron chi connectivity index (χ2n) is 6.54. The molecule has 0 spiro atoms. The second kappa shape index (κ2) is 5.48. The third-order valence-electron chi connectivity index (χ3n) is 2.23. The molecule has 0 aliphatic carbocycles. The van der Waals surface area contributed by atoms with E-state index in [-0.39, 0.29) is 22.2 Å². The van der Waals surface area contributed by atoms with Crippen LogP contribution in [-0.2, 0) is 10.3 Å². The fraction of sp³-hybridized carbons (Fsp3) is 0.833. The summed E-state index contributed by atoms with van der Waals surface area (Å²) in [6.07, 6.45) is 0. The standard InChI is InChI=1S/C12H23N5OS/c1-8(9(18)13-11(2,3)4)19-10-14-15-16-17(10)12(5,6)7/h8H,1-7H3,(H,13,18). The minimum Gasteiger partial charge on any atom is -0.351 e. The molecule has 1 amide bonds. The van der Waals surface area contributed by atoms with Crippen molar-refractivity contribution in [2.24, 2.45) is 0 Å². The Morgan fingerprint density at radius 1 is 1.26 bits per heavy atom. The second-order valence-corrected chi connectivity index (χ2v) is 7.85. The minimum absolute atomic E-state index is 0.0130. The van der Waals surface area contributed by atoms with E-state index in [4.69, 9.17) is 0 Å². The first-order valence-electron chi connectivity index (χ1n) is 6.28. The van der Waals surface area contributed by atoms with Gasteiger partial charge in [0.15, 0.2) is 0 Å². The van der Waals surface area contributed by atoms with Gasteiger partial charge in [-0.1, -0.05) is 11.8 Å². The van der Waals surface area contributed by atoms with Crippen LogP contribution in [0.15, 0.2) is 5.16 Å². The number of thioether (sulfide) groups is 1. The van der Waals surface area contributed by atoms with Gasteiger partial charge in [-0.25, -0.2) is 4.68 Å². The molecular weight excluding hydrogens is 262 g/mol. The molecule has 0 bridgehead atoms. The predicted octanol–water partition coefficient (Wildman–Crippen LogP) is 1.82. The lowest BCUT2D eigenvalue weighted by atomic mass is 10.1. The SMILES string of the molecule is CC(Sc1nnnn1C(C)(C)C)C(=O)NC(C)(C)C. The maximum absolute atomic E-state index is 12.0. The van der Waals surface area contributed by atoms with E-state index < -0.39 is 0 Å². The normalized spacial score (nSPS) is 14.3. The topological polar surface area (TPSA) is 72.7 Å². The summed E-state index contributed by atoms with van der Waals surface area (Å²) in [5.41, 5.74) is -0.437. The molecule has 6 nitrogen and oxygen atoms in total. The molecule has 0 aromatic carbocycles. The molecule has 0 aliphatic rings. The van der Waals surface area contributed by atoms with Gasteiger partial charge in [0.25, 0.3) is 0 Å². The predicted molar refractivity (Wildman–Crippen MR) is 76.0 cm³/mol. The summed E-state index contributed by atoms with van der Waals surface area (Å²) in [6.45, 7) is 13.8. The smallest absolute Gasteiger partial charge is 0.233 e. The largest absolute Gasteiger partial charge is 0.351 e. The number of carbonyl (C=O) groups excluding carboxylic acids is 1. The van der Waals surface area contributed by atoms with Crippen molar-refractivity contribution in [3.05, 3.63) is 0 Å². The average Bonchev–Trinajstić information content (AvgIpc) is 2.62. The van der Waals surface area contributed by atoms with Crippen molar-refractivity contribution in [2.75, 3.05) is 0 Å². The molecular formula is C12H23N5OS. The molecule has 1 atom stereocenters. The van der Waals surface area contributed by atoms with E-state index in [1.807, 2.05) is 48.5 Å². The summed E-state index contributed by atoms with van der Waals surface area (Å²) in [7, 11) is 0. The van der Waals surface area contributed by atoms with Gasteiger partial charge in [-0.05, 0) is 58.9 Å². The fourth-order valence-electron chi connectivity index (χ4n) is 1.36. The first-order chi connectivity index (χ1) is 8.50. The molecule has 1 N–H and O–H groups in total. The molecule has 0 saturated heterocycles. The maximum Gasteiger partial charge on any atom is 0.233 e. The van der Waals surface area contributed by atoms with Crippen molar-refractivity contribution in [3.63, 3.8) is 0 Å². The Balaban J connectivity index is 2.76. The molecule has 0 saturated carbocycles. The summed E-state index contributed by atoms with van der Waals surface area (Å²) in [4.78, 5) is 12.0. The van der Waals surface area contributed by atoms with Crippen LogP contribution in [0.25, 0.3) is 0 Å². The molecule has 0 radical (unpaired) electrons. The van der Waals surface area contributed by atoms with E-state index >= 15 is 0 Å². The van der Waals surface area contributed by atoms with E-state index in [1.54, 1.807) is 4.68 Å². The van der Waals surface area contributed by atoms with Crippen LogP contribution in [0.1, 0.15) is 48.5 Å². The fourth-order valence-corrected chi connectivity index (χ4v) is 2.33. The van der Waals surface area contributed by atoms with Crippen molar-refractivity contribution in [1.29, 1.82) is 0 Å². The van der Waals surface area contributed by atoms with Crippen LogP contribution in [0.4, 0.5) is 0 Å². The Bertz CT molecular complexity index is 444. The number of nitrogens with zero attached hydrogens (tertiary/aromatic N) is 4. The number of amides is 1. The number of hydrogen-bond acceptors (Lipinski definition) is 5. The Morgan fingerprint density at radius 3 is 2.32 bits per heavy atom. The minimum atomic E-state index is -0.244. The quantitative estimate of drug-likeness (QED) is 0.858. The first-order valence-corrected chi connectivity index (χ1v) is 7.16. The van der Waals surface area contributed by atoms with Crippen molar-refractivity contribution in [1.82, 2.24) is 25.5 Å². The molecule has 0 fully saturated rings. The lowest BCUT2D eigenvalue weighted by Crippen LogP contribution is -2.44. The molecule has 19 heavy (non-hydrogen) atoms. The van der Waals surface area contributed by atoms with E-state index in [2.05, 4.69) is 20.8 Å². The van der Waals surface area contributed by atoms with Gasteiger partial charge in [0, 0.05) is 5.54 Å². The molecule has 1 heterocycles. The van der Waals surface area contributed by atoms with Crippen molar-refractivity contribution >= 4 is 17.7 Å². The monoisotopic (exact) mass is 285 g/mol. The molecule has 7 heteroatoms. The number of carbonyl (C=O) groups is 1. The highest BCUT2D eigenvalue weighted by molar-refractivity contribution is 8.00. The third kappa shape index (κ3) is 4.81. The average molecular weight is 285 g/mol. The summed E-state index contributed by atoms with van der Waals surface area (Å²) < 4.78 is 1.73. The van der Waals surface area contributed by atoms with Gasteiger partial charge >= 0.3 is 0 Å². The number of hydrogen-bond donors (Lipinski definition) is 1. The number of rotatable bonds is 3. The van der Waals surface area contributed by atoms with E-state index in [0.29, 0.717) is 5.16 Å². The van der Waals surface area contributed by atoms with Gasteiger partial charge in [0.2, 0.25) is 11.1 Å². The van der Waals surface area contributed by atoms with Gasteiger partial charge in [0.05, 0.1) is 10.8 Å². The lowest BCUT2D eigenvalue weighted by Gasteiger charge is -2.24. The number of nitrogens with one attached hydrogen (secondary N) is 1. The molecule has 1 aromatic heterocycles. The van der Waals surface area contributed by atoms with Crippen LogP contribution < -0.4 is 5.32 Å². The van der Waals surface area contributed by atoms with Crippen molar-refractivity contribution in [3.8, 4) is 0 Å². The van der Waals surface area contributed by atoms with E-state index in [1.165, 1.54) is 11.8 Å².